The van der Waals surface area contributed by atoms with Crippen LogP contribution in [0.2, 0.25) is 0 Å². The molecule has 4 nitrogen and oxygen atoms in total. The predicted octanol–water partition coefficient (Wildman–Crippen LogP) is 17.5. The summed E-state index contributed by atoms with van der Waals surface area (Å²) in [6, 6.07) is 51.0. The number of para-hydroxylation sites is 1. The standard InChI is InChI=1S/C59H52N2O2/c1-33(2)41-20-14-21-42(34(3)4)56(41)51-32-62-54-31-52-53(29-50(51)54)61(57-46(35(5)6)27-40(28-47(57)36(7)8)37-16-10-9-11-17-37)59(60-52)45-23-15-22-44-49-26-39-25-24-38-18-12-13-19-43(38)48(39)30-55(49)63-58(44)45/h9-36H,1-8H3. The Morgan fingerprint density at radius 2 is 1.11 bits per heavy atom. The van der Waals surface area contributed by atoms with Crippen molar-refractivity contribution in [3.8, 4) is 39.3 Å². The lowest BCUT2D eigenvalue weighted by molar-refractivity contribution is 0.617. The van der Waals surface area contributed by atoms with Crippen molar-refractivity contribution in [3.63, 3.8) is 0 Å². The van der Waals surface area contributed by atoms with Gasteiger partial charge < -0.3 is 8.83 Å². The zero-order chi connectivity index (χ0) is 43.3. The van der Waals surface area contributed by atoms with Gasteiger partial charge in [-0.15, -0.1) is 0 Å². The summed E-state index contributed by atoms with van der Waals surface area (Å²) in [6.45, 7) is 18.4. The van der Waals surface area contributed by atoms with Crippen molar-refractivity contribution >= 4 is 65.5 Å². The first-order chi connectivity index (χ1) is 30.5. The average Bonchev–Trinajstić information content (AvgIpc) is 3.99. The summed E-state index contributed by atoms with van der Waals surface area (Å²) < 4.78 is 16.0. The Hall–Kier alpha value is -6.91. The summed E-state index contributed by atoms with van der Waals surface area (Å²) >= 11 is 0. The van der Waals surface area contributed by atoms with Gasteiger partial charge in [0.05, 0.1) is 28.5 Å². The average molecular weight is 821 g/mol. The van der Waals surface area contributed by atoms with E-state index in [0.29, 0.717) is 11.8 Å². The van der Waals surface area contributed by atoms with E-state index >= 15 is 0 Å². The second kappa shape index (κ2) is 14.9. The zero-order valence-corrected chi connectivity index (χ0v) is 37.4. The fourth-order valence-corrected chi connectivity index (χ4v) is 10.2. The second-order valence-corrected chi connectivity index (χ2v) is 18.7. The largest absolute Gasteiger partial charge is 0.464 e. The van der Waals surface area contributed by atoms with Crippen LogP contribution >= 0.6 is 0 Å². The molecule has 0 aliphatic heterocycles. The normalized spacial score (nSPS) is 12.4. The van der Waals surface area contributed by atoms with Crippen molar-refractivity contribution in [1.82, 2.24) is 9.55 Å². The van der Waals surface area contributed by atoms with Gasteiger partial charge in [-0.2, -0.15) is 0 Å². The van der Waals surface area contributed by atoms with Crippen LogP contribution in [0, 0.1) is 0 Å². The Bertz CT molecular complexity index is 3520. The number of fused-ring (bicyclic) bond motifs is 8. The van der Waals surface area contributed by atoms with Crippen LogP contribution < -0.4 is 0 Å². The number of nitrogens with zero attached hydrogens (tertiary/aromatic N) is 2. The summed E-state index contributed by atoms with van der Waals surface area (Å²) in [5, 5.41) is 8.09. The Morgan fingerprint density at radius 3 is 1.83 bits per heavy atom. The zero-order valence-electron chi connectivity index (χ0n) is 37.4. The number of imidazole rings is 1. The van der Waals surface area contributed by atoms with Crippen LogP contribution in [0.4, 0.5) is 0 Å². The first-order valence-electron chi connectivity index (χ1n) is 22.6. The molecule has 0 spiro atoms. The minimum atomic E-state index is 0.218. The van der Waals surface area contributed by atoms with E-state index in [-0.39, 0.29) is 11.8 Å². The molecule has 310 valence electrons. The van der Waals surface area contributed by atoms with E-state index < -0.39 is 0 Å². The van der Waals surface area contributed by atoms with E-state index in [9.17, 15) is 0 Å². The van der Waals surface area contributed by atoms with Gasteiger partial charge in [0.25, 0.3) is 0 Å². The lowest BCUT2D eigenvalue weighted by Gasteiger charge is -2.24. The van der Waals surface area contributed by atoms with Crippen LogP contribution in [-0.4, -0.2) is 9.55 Å². The van der Waals surface area contributed by atoms with E-state index in [1.807, 2.05) is 6.26 Å². The van der Waals surface area contributed by atoms with E-state index in [2.05, 4.69) is 199 Å². The molecule has 0 saturated heterocycles. The maximum atomic E-state index is 7.05. The minimum Gasteiger partial charge on any atom is -0.464 e. The number of benzene rings is 8. The highest BCUT2D eigenvalue weighted by molar-refractivity contribution is 6.17. The third kappa shape index (κ3) is 6.21. The highest BCUT2D eigenvalue weighted by atomic mass is 16.3. The van der Waals surface area contributed by atoms with Crippen LogP contribution in [0.25, 0.3) is 105 Å². The highest BCUT2D eigenvalue weighted by Gasteiger charge is 2.28. The number of hydrogen-bond acceptors (Lipinski definition) is 3. The third-order valence-electron chi connectivity index (χ3n) is 13.3. The molecule has 11 aromatic rings. The lowest BCUT2D eigenvalue weighted by atomic mass is 9.85. The third-order valence-corrected chi connectivity index (χ3v) is 13.3. The van der Waals surface area contributed by atoms with Crippen LogP contribution in [0.15, 0.2) is 155 Å². The van der Waals surface area contributed by atoms with Gasteiger partial charge in [0, 0.05) is 27.8 Å². The molecule has 3 heterocycles. The van der Waals surface area contributed by atoms with E-state index in [4.69, 9.17) is 13.8 Å². The first kappa shape index (κ1) is 39.0. The molecular formula is C59H52N2O2. The van der Waals surface area contributed by atoms with Crippen LogP contribution in [0.1, 0.15) is 101 Å². The molecule has 0 aliphatic rings. The summed E-state index contributed by atoms with van der Waals surface area (Å²) in [7, 11) is 0. The van der Waals surface area contributed by atoms with Crippen molar-refractivity contribution in [2.45, 2.75) is 79.1 Å². The van der Waals surface area contributed by atoms with Gasteiger partial charge >= 0.3 is 0 Å². The number of rotatable bonds is 8. The molecule has 0 amide bonds. The van der Waals surface area contributed by atoms with Gasteiger partial charge in [-0.25, -0.2) is 4.98 Å². The van der Waals surface area contributed by atoms with E-state index in [1.165, 1.54) is 66.2 Å². The topological polar surface area (TPSA) is 44.1 Å². The fraction of sp³-hybridized carbons (Fsp3) is 0.203. The summed E-state index contributed by atoms with van der Waals surface area (Å²) in [5.41, 5.74) is 16.6. The van der Waals surface area contributed by atoms with Gasteiger partial charge in [0.15, 0.2) is 0 Å². The van der Waals surface area contributed by atoms with Gasteiger partial charge in [-0.05, 0) is 121 Å². The Labute approximate surface area is 368 Å². The van der Waals surface area contributed by atoms with Crippen LogP contribution in [0.3, 0.4) is 0 Å². The smallest absolute Gasteiger partial charge is 0.149 e. The molecule has 0 atom stereocenters. The molecule has 0 unspecified atom stereocenters. The molecule has 0 N–H and O–H groups in total. The van der Waals surface area contributed by atoms with Gasteiger partial charge in [-0.1, -0.05) is 152 Å². The van der Waals surface area contributed by atoms with Crippen molar-refractivity contribution in [1.29, 1.82) is 0 Å². The fourth-order valence-electron chi connectivity index (χ4n) is 10.2. The molecular weight excluding hydrogens is 769 g/mol. The van der Waals surface area contributed by atoms with Gasteiger partial charge in [-0.3, -0.25) is 4.57 Å². The number of hydrogen-bond donors (Lipinski definition) is 0. The highest BCUT2D eigenvalue weighted by Crippen LogP contribution is 2.46. The van der Waals surface area contributed by atoms with Crippen molar-refractivity contribution in [2.75, 3.05) is 0 Å². The minimum absolute atomic E-state index is 0.218. The molecule has 0 radical (unpaired) electrons. The second-order valence-electron chi connectivity index (χ2n) is 18.7. The van der Waals surface area contributed by atoms with Gasteiger partial charge in [0.2, 0.25) is 0 Å². The molecule has 3 aromatic heterocycles. The Kier molecular flexibility index (Phi) is 9.20. The molecule has 0 saturated carbocycles. The SMILES string of the molecule is CC(C)c1cccc(C(C)C)c1-c1coc2cc3nc(-c4cccc5c4oc4cc6c(ccc7ccccc76)cc45)n(-c4c(C(C)C)cc(-c5ccccc5)cc4C(C)C)c3cc12. The number of furan rings is 2. The summed E-state index contributed by atoms with van der Waals surface area (Å²) in [5.74, 6) is 1.97. The van der Waals surface area contributed by atoms with Crippen molar-refractivity contribution in [3.05, 3.63) is 168 Å². The summed E-state index contributed by atoms with van der Waals surface area (Å²) in [4.78, 5) is 5.62. The molecule has 63 heavy (non-hydrogen) atoms. The maximum absolute atomic E-state index is 7.05. The van der Waals surface area contributed by atoms with Crippen molar-refractivity contribution < 1.29 is 8.83 Å². The Balaban J connectivity index is 1.25. The molecule has 0 fully saturated rings. The molecule has 0 bridgehead atoms. The quantitative estimate of drug-likeness (QED) is 0.143. The molecule has 4 heteroatoms. The molecule has 11 rings (SSSR count). The van der Waals surface area contributed by atoms with Crippen LogP contribution in [-0.2, 0) is 0 Å². The molecule has 8 aromatic carbocycles. The lowest BCUT2D eigenvalue weighted by Crippen LogP contribution is -2.09. The van der Waals surface area contributed by atoms with Crippen molar-refractivity contribution in [2.24, 2.45) is 0 Å². The molecule has 0 aliphatic carbocycles. The first-order valence-corrected chi connectivity index (χ1v) is 22.6. The number of aromatic nitrogens is 2. The Morgan fingerprint density at radius 1 is 0.460 bits per heavy atom. The predicted molar refractivity (Wildman–Crippen MR) is 266 cm³/mol. The van der Waals surface area contributed by atoms with E-state index in [1.54, 1.807) is 0 Å². The monoisotopic (exact) mass is 820 g/mol. The maximum Gasteiger partial charge on any atom is 0.149 e. The van der Waals surface area contributed by atoms with Gasteiger partial charge in [0.1, 0.15) is 22.6 Å². The van der Waals surface area contributed by atoms with E-state index in [0.717, 1.165) is 60.9 Å². The van der Waals surface area contributed by atoms with Crippen LogP contribution in [0.5, 0.6) is 0 Å². The summed E-state index contributed by atoms with van der Waals surface area (Å²) in [6.07, 6.45) is 1.97.